The van der Waals surface area contributed by atoms with Crippen LogP contribution in [0.5, 0.6) is 0 Å². The quantitative estimate of drug-likeness (QED) is 0.398. The number of rotatable bonds is 0. The summed E-state index contributed by atoms with van der Waals surface area (Å²) in [6, 6.07) is 0. The highest BCUT2D eigenvalue weighted by Crippen LogP contribution is 2.03. The molecule has 1 unspecified atom stereocenters. The molecule has 0 aliphatic carbocycles. The van der Waals surface area contributed by atoms with E-state index in [9.17, 15) is 4.79 Å². The van der Waals surface area contributed by atoms with Crippen LogP contribution < -0.4 is 4.90 Å². The second-order valence-electron chi connectivity index (χ2n) is 2.04. The molecule has 8 heavy (non-hydrogen) atoms. The summed E-state index contributed by atoms with van der Waals surface area (Å²) in [5.74, 6) is 0.792. The van der Waals surface area contributed by atoms with Crippen LogP contribution in [0, 0.1) is 19.9 Å². The summed E-state index contributed by atoms with van der Waals surface area (Å²) in [6.07, 6.45) is 0.817. The molecule has 2 nitrogen and oxygen atoms in total. The average Bonchev–Trinajstić information content (AvgIpc) is 1.98. The maximum Gasteiger partial charge on any atom is 0.436 e. The first-order valence-corrected chi connectivity index (χ1v) is 2.62. The molecule has 0 aromatic heterocycles. The maximum atomic E-state index is 10.7. The average molecular weight is 111 g/mol. The number of hydrogen-bond acceptors (Lipinski definition) is 1. The molecular formula is C6H9NO. The number of carbonyl (C=O) groups is 1. The molecule has 1 atom stereocenters. The Balaban J connectivity index is 2.57. The minimum Gasteiger partial charge on any atom is -0.360 e. The van der Waals surface area contributed by atoms with Crippen molar-refractivity contribution in [1.82, 2.24) is 0 Å². The highest BCUT2D eigenvalue weighted by atomic mass is 16.2. The van der Waals surface area contributed by atoms with Gasteiger partial charge >= 0.3 is 5.91 Å². The fraction of sp³-hybridized carbons (Fsp3) is 0.333. The van der Waals surface area contributed by atoms with E-state index in [1.807, 2.05) is 0 Å². The second-order valence-corrected chi connectivity index (χ2v) is 2.04. The Morgan fingerprint density at radius 2 is 2.38 bits per heavy atom. The molecule has 1 aliphatic heterocycles. The monoisotopic (exact) mass is 111 g/mol. The van der Waals surface area contributed by atoms with Crippen LogP contribution in [0.2, 0.25) is 0 Å². The molecule has 1 aliphatic rings. The first-order valence-electron chi connectivity index (χ1n) is 2.62. The molecule has 0 bridgehead atoms. The molecule has 1 fully saturated rings. The third-order valence-corrected chi connectivity index (χ3v) is 1.37. The SMILES string of the molecule is [CH2-][C+]1CC[NH+]([CH2-])C1=O. The van der Waals surface area contributed by atoms with Crippen LogP contribution in [0.4, 0.5) is 0 Å². The zero-order valence-corrected chi connectivity index (χ0v) is 4.74. The largest absolute Gasteiger partial charge is 0.436 e. The molecule has 1 amide bonds. The Morgan fingerprint density at radius 1 is 1.75 bits per heavy atom. The molecular weight excluding hydrogens is 102 g/mol. The lowest BCUT2D eigenvalue weighted by Crippen LogP contribution is -3.07. The number of nitrogens with one attached hydrogen (secondary N) is 1. The summed E-state index contributed by atoms with van der Waals surface area (Å²) in [6.45, 7) is 4.39. The van der Waals surface area contributed by atoms with Crippen LogP contribution >= 0.6 is 0 Å². The lowest BCUT2D eigenvalue weighted by Gasteiger charge is -2.02. The molecule has 2 heteroatoms. The Labute approximate surface area is 49.5 Å². The molecule has 44 valence electrons. The highest BCUT2D eigenvalue weighted by Gasteiger charge is 2.32. The van der Waals surface area contributed by atoms with Crippen LogP contribution in [0.25, 0.3) is 0 Å². The predicted molar refractivity (Wildman–Crippen MR) is 29.4 cm³/mol. The molecule has 0 aromatic rings. The third kappa shape index (κ3) is 0.713. The topological polar surface area (TPSA) is 21.5 Å². The third-order valence-electron chi connectivity index (χ3n) is 1.37. The van der Waals surface area contributed by atoms with Gasteiger partial charge in [-0.05, 0) is 0 Å². The van der Waals surface area contributed by atoms with Crippen molar-refractivity contribution < 1.29 is 9.69 Å². The van der Waals surface area contributed by atoms with Crippen molar-refractivity contribution in [3.63, 3.8) is 0 Å². The van der Waals surface area contributed by atoms with Crippen molar-refractivity contribution in [3.05, 3.63) is 19.9 Å². The minimum atomic E-state index is 0.0741. The van der Waals surface area contributed by atoms with Crippen LogP contribution in [0.3, 0.4) is 0 Å². The highest BCUT2D eigenvalue weighted by molar-refractivity contribution is 5.84. The van der Waals surface area contributed by atoms with E-state index in [-0.39, 0.29) is 5.91 Å². The number of quaternary nitrogens is 1. The molecule has 0 aromatic carbocycles. The van der Waals surface area contributed by atoms with Crippen LogP contribution in [0.15, 0.2) is 0 Å². The van der Waals surface area contributed by atoms with Crippen LogP contribution in [0.1, 0.15) is 6.42 Å². The van der Waals surface area contributed by atoms with Crippen molar-refractivity contribution in [2.24, 2.45) is 0 Å². The Bertz CT molecular complexity index is 99.1. The van der Waals surface area contributed by atoms with Crippen molar-refractivity contribution in [2.45, 2.75) is 6.42 Å². The van der Waals surface area contributed by atoms with E-state index in [1.165, 1.54) is 0 Å². The summed E-state index contributed by atoms with van der Waals surface area (Å²) in [5.41, 5.74) is 0. The van der Waals surface area contributed by atoms with E-state index < -0.39 is 0 Å². The first kappa shape index (κ1) is 5.63. The van der Waals surface area contributed by atoms with E-state index >= 15 is 0 Å². The van der Waals surface area contributed by atoms with Crippen molar-refractivity contribution in [1.29, 1.82) is 0 Å². The molecule has 0 saturated carbocycles. The van der Waals surface area contributed by atoms with Gasteiger partial charge < -0.3 is 4.90 Å². The number of amides is 1. The number of hydrogen-bond donors (Lipinski definition) is 1. The molecule has 1 rings (SSSR count). The minimum absolute atomic E-state index is 0.0741. The number of likely N-dealkylation sites (tertiary alicyclic amines) is 1. The van der Waals surface area contributed by atoms with Gasteiger partial charge in [0.1, 0.15) is 13.0 Å². The van der Waals surface area contributed by atoms with Gasteiger partial charge in [0.25, 0.3) is 0 Å². The summed E-state index contributed by atoms with van der Waals surface area (Å²) >= 11 is 0. The fourth-order valence-corrected chi connectivity index (χ4v) is 0.779. The maximum absolute atomic E-state index is 10.7. The van der Waals surface area contributed by atoms with E-state index in [1.54, 1.807) is 0 Å². The number of carbonyl (C=O) groups excluding carboxylic acids is 1. The molecule has 0 radical (unpaired) electrons. The van der Waals surface area contributed by atoms with Crippen LogP contribution in [-0.2, 0) is 4.79 Å². The summed E-state index contributed by atoms with van der Waals surface area (Å²) in [5, 5.41) is 0. The molecule has 1 saturated heterocycles. The van der Waals surface area contributed by atoms with E-state index in [2.05, 4.69) is 14.0 Å². The second kappa shape index (κ2) is 1.78. The van der Waals surface area contributed by atoms with Gasteiger partial charge in [0.15, 0.2) is 0 Å². The smallest absolute Gasteiger partial charge is 0.360 e. The van der Waals surface area contributed by atoms with Crippen molar-refractivity contribution in [3.8, 4) is 0 Å². The lowest BCUT2D eigenvalue weighted by atomic mass is 10.1. The zero-order valence-electron chi connectivity index (χ0n) is 4.74. The van der Waals surface area contributed by atoms with E-state index in [4.69, 9.17) is 0 Å². The summed E-state index contributed by atoms with van der Waals surface area (Å²) < 4.78 is 0. The van der Waals surface area contributed by atoms with Gasteiger partial charge in [-0.15, -0.1) is 14.0 Å². The normalized spacial score (nSPS) is 29.5. The molecule has 1 N–H and O–H groups in total. The fourth-order valence-electron chi connectivity index (χ4n) is 0.779. The standard InChI is InChI=1S/C6H9NO/c1-5-3-4-7(2)6(5)8/h7H,1-4H2. The molecule has 0 spiro atoms. The van der Waals surface area contributed by atoms with Gasteiger partial charge in [-0.3, -0.25) is 0 Å². The first-order chi connectivity index (χ1) is 3.72. The van der Waals surface area contributed by atoms with Gasteiger partial charge in [-0.1, -0.05) is 0 Å². The van der Waals surface area contributed by atoms with Gasteiger partial charge in [0, 0.05) is 0 Å². The van der Waals surface area contributed by atoms with Gasteiger partial charge in [0.2, 0.25) is 0 Å². The Morgan fingerprint density at radius 3 is 2.50 bits per heavy atom. The Kier molecular flexibility index (Phi) is 1.26. The summed E-state index contributed by atoms with van der Waals surface area (Å²) in [4.78, 5) is 11.4. The van der Waals surface area contributed by atoms with Crippen molar-refractivity contribution >= 4 is 5.91 Å². The van der Waals surface area contributed by atoms with Gasteiger partial charge in [-0.2, -0.15) is 4.79 Å². The Hall–Kier alpha value is -0.500. The molecule has 1 heterocycles. The van der Waals surface area contributed by atoms with E-state index in [0.29, 0.717) is 0 Å². The van der Waals surface area contributed by atoms with Gasteiger partial charge in [-0.25, -0.2) is 0 Å². The van der Waals surface area contributed by atoms with Crippen LogP contribution in [-0.4, -0.2) is 12.5 Å². The van der Waals surface area contributed by atoms with Crippen molar-refractivity contribution in [2.75, 3.05) is 6.54 Å². The van der Waals surface area contributed by atoms with Gasteiger partial charge in [0.05, 0.1) is 5.92 Å². The zero-order chi connectivity index (χ0) is 6.15. The van der Waals surface area contributed by atoms with E-state index in [0.717, 1.165) is 23.8 Å². The predicted octanol–water partition coefficient (Wildman–Crippen LogP) is -0.998. The lowest BCUT2D eigenvalue weighted by molar-refractivity contribution is -0.760. The summed E-state index contributed by atoms with van der Waals surface area (Å²) in [7, 11) is 3.58.